The third-order valence-corrected chi connectivity index (χ3v) is 4.22. The van der Waals surface area contributed by atoms with E-state index in [0.717, 1.165) is 8.95 Å². The van der Waals surface area contributed by atoms with Crippen molar-refractivity contribution in [2.75, 3.05) is 6.54 Å². The van der Waals surface area contributed by atoms with Gasteiger partial charge < -0.3 is 5.32 Å². The second-order valence-electron chi connectivity index (χ2n) is 5.02. The highest BCUT2D eigenvalue weighted by Gasteiger charge is 2.09. The van der Waals surface area contributed by atoms with E-state index in [9.17, 15) is 14.4 Å². The van der Waals surface area contributed by atoms with Crippen molar-refractivity contribution in [3.05, 3.63) is 68.6 Å². The molecule has 0 heterocycles. The Morgan fingerprint density at radius 2 is 1.20 bits per heavy atom. The Morgan fingerprint density at radius 1 is 0.720 bits per heavy atom. The molecule has 130 valence electrons. The molecule has 8 heteroatoms. The van der Waals surface area contributed by atoms with Gasteiger partial charge in [-0.15, -0.1) is 0 Å². The largest absolute Gasteiger partial charge is 0.352 e. The monoisotopic (exact) mass is 467 g/mol. The van der Waals surface area contributed by atoms with Crippen LogP contribution in [0.2, 0.25) is 0 Å². The zero-order chi connectivity index (χ0) is 18.2. The van der Waals surface area contributed by atoms with E-state index >= 15 is 0 Å². The molecule has 0 saturated heterocycles. The van der Waals surface area contributed by atoms with Crippen LogP contribution < -0.4 is 16.2 Å². The maximum absolute atomic E-state index is 11.9. The third kappa shape index (κ3) is 6.32. The van der Waals surface area contributed by atoms with Crippen LogP contribution in [0.5, 0.6) is 0 Å². The van der Waals surface area contributed by atoms with Crippen LogP contribution in [0.25, 0.3) is 0 Å². The standard InChI is InChI=1S/C17H15Br2N3O3/c18-13-5-1-11(2-6-13)16(24)20-10-9-15(23)21-22-17(25)12-3-7-14(19)8-4-12/h1-8H,9-10H2,(H,20,24)(H,21,23)(H,22,25). The van der Waals surface area contributed by atoms with Crippen LogP contribution >= 0.6 is 31.9 Å². The summed E-state index contributed by atoms with van der Waals surface area (Å²) in [4.78, 5) is 35.4. The molecule has 3 N–H and O–H groups in total. The zero-order valence-electron chi connectivity index (χ0n) is 13.0. The van der Waals surface area contributed by atoms with Crippen molar-refractivity contribution in [2.24, 2.45) is 0 Å². The molecule has 2 rings (SSSR count). The Labute approximate surface area is 161 Å². The minimum atomic E-state index is -0.417. The zero-order valence-corrected chi connectivity index (χ0v) is 16.2. The molecular formula is C17H15Br2N3O3. The van der Waals surface area contributed by atoms with Gasteiger partial charge >= 0.3 is 0 Å². The number of amides is 3. The summed E-state index contributed by atoms with van der Waals surface area (Å²) < 4.78 is 1.74. The normalized spacial score (nSPS) is 10.0. The quantitative estimate of drug-likeness (QED) is 0.589. The lowest BCUT2D eigenvalue weighted by Gasteiger charge is -2.08. The first-order valence-electron chi connectivity index (χ1n) is 7.34. The number of nitrogens with one attached hydrogen (secondary N) is 3. The van der Waals surface area contributed by atoms with Gasteiger partial charge in [0.05, 0.1) is 0 Å². The summed E-state index contributed by atoms with van der Waals surface area (Å²) in [6, 6.07) is 13.6. The van der Waals surface area contributed by atoms with Gasteiger partial charge in [0.2, 0.25) is 5.91 Å². The van der Waals surface area contributed by atoms with Crippen molar-refractivity contribution in [1.29, 1.82) is 0 Å². The molecule has 0 saturated carbocycles. The highest BCUT2D eigenvalue weighted by molar-refractivity contribution is 9.10. The van der Waals surface area contributed by atoms with Crippen LogP contribution in [0.1, 0.15) is 27.1 Å². The van der Waals surface area contributed by atoms with E-state index in [1.165, 1.54) is 0 Å². The van der Waals surface area contributed by atoms with Gasteiger partial charge in [0, 0.05) is 33.0 Å². The average molecular weight is 469 g/mol. The van der Waals surface area contributed by atoms with Crippen molar-refractivity contribution < 1.29 is 14.4 Å². The van der Waals surface area contributed by atoms with Gasteiger partial charge in [-0.1, -0.05) is 31.9 Å². The molecule has 0 fully saturated rings. The number of hydrogen-bond donors (Lipinski definition) is 3. The molecule has 0 aromatic heterocycles. The van der Waals surface area contributed by atoms with E-state index in [0.29, 0.717) is 11.1 Å². The number of benzene rings is 2. The fourth-order valence-electron chi connectivity index (χ4n) is 1.86. The number of hydrogen-bond acceptors (Lipinski definition) is 3. The predicted molar refractivity (Wildman–Crippen MR) is 101 cm³/mol. The summed E-state index contributed by atoms with van der Waals surface area (Å²) in [5.41, 5.74) is 5.56. The van der Waals surface area contributed by atoms with Gasteiger partial charge in [0.25, 0.3) is 11.8 Å². The Balaban J connectivity index is 1.70. The molecule has 2 aromatic rings. The molecule has 6 nitrogen and oxygen atoms in total. The van der Waals surface area contributed by atoms with E-state index in [1.807, 2.05) is 0 Å². The van der Waals surface area contributed by atoms with Crippen molar-refractivity contribution >= 4 is 49.6 Å². The molecule has 0 atom stereocenters. The van der Waals surface area contributed by atoms with E-state index in [1.54, 1.807) is 48.5 Å². The number of carbonyl (C=O) groups is 3. The molecule has 3 amide bonds. The fraction of sp³-hybridized carbons (Fsp3) is 0.118. The highest BCUT2D eigenvalue weighted by atomic mass is 79.9. The van der Waals surface area contributed by atoms with Crippen molar-refractivity contribution in [1.82, 2.24) is 16.2 Å². The highest BCUT2D eigenvalue weighted by Crippen LogP contribution is 2.11. The van der Waals surface area contributed by atoms with E-state index in [4.69, 9.17) is 0 Å². The topological polar surface area (TPSA) is 87.3 Å². The summed E-state index contributed by atoms with van der Waals surface area (Å²) in [6.45, 7) is 0.162. The minimum Gasteiger partial charge on any atom is -0.352 e. The minimum absolute atomic E-state index is 0.0445. The molecule has 0 aliphatic rings. The first-order valence-corrected chi connectivity index (χ1v) is 8.93. The lowest BCUT2D eigenvalue weighted by Crippen LogP contribution is -2.42. The van der Waals surface area contributed by atoms with Gasteiger partial charge in [-0.2, -0.15) is 0 Å². The third-order valence-electron chi connectivity index (χ3n) is 3.17. The van der Waals surface area contributed by atoms with E-state index in [2.05, 4.69) is 48.0 Å². The van der Waals surface area contributed by atoms with Crippen LogP contribution in [-0.2, 0) is 4.79 Å². The van der Waals surface area contributed by atoms with Gasteiger partial charge in [0.1, 0.15) is 0 Å². The number of carbonyl (C=O) groups excluding carboxylic acids is 3. The molecule has 0 radical (unpaired) electrons. The molecule has 0 spiro atoms. The predicted octanol–water partition coefficient (Wildman–Crippen LogP) is 2.79. The molecule has 25 heavy (non-hydrogen) atoms. The van der Waals surface area contributed by atoms with Gasteiger partial charge in [-0.05, 0) is 48.5 Å². The second-order valence-corrected chi connectivity index (χ2v) is 6.85. The molecule has 0 aliphatic heterocycles. The first kappa shape index (κ1) is 19.1. The van der Waals surface area contributed by atoms with Gasteiger partial charge in [0.15, 0.2) is 0 Å². The lowest BCUT2D eigenvalue weighted by molar-refractivity contribution is -0.121. The number of halogens is 2. The molecular weight excluding hydrogens is 454 g/mol. The van der Waals surface area contributed by atoms with Crippen molar-refractivity contribution in [2.45, 2.75) is 6.42 Å². The van der Waals surface area contributed by atoms with Crippen LogP contribution in [-0.4, -0.2) is 24.3 Å². The first-order chi connectivity index (χ1) is 12.0. The summed E-state index contributed by atoms with van der Waals surface area (Å²) >= 11 is 6.57. The Hall–Kier alpha value is -2.19. The van der Waals surface area contributed by atoms with Crippen LogP contribution in [0.15, 0.2) is 57.5 Å². The second kappa shape index (κ2) is 9.33. The smallest absolute Gasteiger partial charge is 0.269 e. The average Bonchev–Trinajstić information content (AvgIpc) is 2.60. The maximum atomic E-state index is 11.9. The van der Waals surface area contributed by atoms with E-state index < -0.39 is 11.8 Å². The Morgan fingerprint density at radius 3 is 1.72 bits per heavy atom. The summed E-state index contributed by atoms with van der Waals surface area (Å²) in [5, 5.41) is 2.64. The van der Waals surface area contributed by atoms with Gasteiger partial charge in [-0.25, -0.2) is 0 Å². The SMILES string of the molecule is O=C(CCNC(=O)c1ccc(Br)cc1)NNC(=O)c1ccc(Br)cc1. The molecule has 0 unspecified atom stereocenters. The summed E-state index contributed by atoms with van der Waals surface area (Å²) in [7, 11) is 0. The summed E-state index contributed by atoms with van der Waals surface area (Å²) in [6.07, 6.45) is 0.0445. The van der Waals surface area contributed by atoms with Crippen LogP contribution in [0.4, 0.5) is 0 Å². The Kier molecular flexibility index (Phi) is 7.15. The van der Waals surface area contributed by atoms with Gasteiger partial charge in [-0.3, -0.25) is 25.2 Å². The number of rotatable bonds is 5. The van der Waals surface area contributed by atoms with Crippen molar-refractivity contribution in [3.8, 4) is 0 Å². The molecule has 0 aliphatic carbocycles. The van der Waals surface area contributed by atoms with E-state index in [-0.39, 0.29) is 18.9 Å². The maximum Gasteiger partial charge on any atom is 0.269 e. The lowest BCUT2D eigenvalue weighted by atomic mass is 10.2. The fourth-order valence-corrected chi connectivity index (χ4v) is 2.38. The Bertz CT molecular complexity index is 762. The van der Waals surface area contributed by atoms with Crippen molar-refractivity contribution in [3.63, 3.8) is 0 Å². The number of hydrazine groups is 1. The molecule has 0 bridgehead atoms. The van der Waals surface area contributed by atoms with Crippen LogP contribution in [0, 0.1) is 0 Å². The van der Waals surface area contributed by atoms with Crippen LogP contribution in [0.3, 0.4) is 0 Å². The summed E-state index contributed by atoms with van der Waals surface area (Å²) in [5.74, 6) is -1.08. The molecule has 2 aromatic carbocycles.